The number of carbonyl (C=O) groups is 2. The van der Waals surface area contributed by atoms with Crippen molar-refractivity contribution < 1.29 is 14.0 Å². The molecule has 3 atom stereocenters. The molecule has 0 radical (unpaired) electrons. The lowest BCUT2D eigenvalue weighted by Gasteiger charge is -2.53. The number of fused-ring (bicyclic) bond motifs is 3. The van der Waals surface area contributed by atoms with Crippen LogP contribution in [0.2, 0.25) is 10.0 Å². The van der Waals surface area contributed by atoms with Crippen LogP contribution in [0.1, 0.15) is 95.6 Å². The van der Waals surface area contributed by atoms with Crippen LogP contribution >= 0.6 is 23.2 Å². The predicted molar refractivity (Wildman–Crippen MR) is 167 cm³/mol. The van der Waals surface area contributed by atoms with Crippen LogP contribution in [0.15, 0.2) is 36.4 Å². The zero-order valence-electron chi connectivity index (χ0n) is 25.0. The highest BCUT2D eigenvalue weighted by Crippen LogP contribution is 2.67. The van der Waals surface area contributed by atoms with E-state index in [1.54, 1.807) is 24.3 Å². The molecule has 2 spiro atoms. The smallest absolute Gasteiger partial charge is 0.238 e. The van der Waals surface area contributed by atoms with Crippen molar-refractivity contribution in [3.05, 3.63) is 63.4 Å². The molecule has 6 rings (SSSR count). The maximum atomic E-state index is 16.2. The first kappa shape index (κ1) is 29.9. The number of hydrogen-bond acceptors (Lipinski definition) is 3. The molecule has 8 heteroatoms. The summed E-state index contributed by atoms with van der Waals surface area (Å²) in [5, 5.41) is 7.01. The molecule has 226 valence electrons. The molecule has 2 aliphatic carbocycles. The summed E-state index contributed by atoms with van der Waals surface area (Å²) in [7, 11) is 1.97. The van der Waals surface area contributed by atoms with Gasteiger partial charge in [-0.2, -0.15) is 0 Å². The predicted octanol–water partition coefficient (Wildman–Crippen LogP) is 7.84. The van der Waals surface area contributed by atoms with Crippen molar-refractivity contribution in [3.63, 3.8) is 0 Å². The Labute approximate surface area is 258 Å². The van der Waals surface area contributed by atoms with Crippen molar-refractivity contribution in [1.29, 1.82) is 0 Å². The van der Waals surface area contributed by atoms with Crippen LogP contribution in [0.4, 0.5) is 10.1 Å². The second-order valence-corrected chi connectivity index (χ2v) is 14.8. The Morgan fingerprint density at radius 2 is 1.76 bits per heavy atom. The first-order valence-corrected chi connectivity index (χ1v) is 16.3. The van der Waals surface area contributed by atoms with Crippen LogP contribution in [-0.4, -0.2) is 41.4 Å². The van der Waals surface area contributed by atoms with Gasteiger partial charge in [-0.15, -0.1) is 0 Å². The number of benzene rings is 2. The summed E-state index contributed by atoms with van der Waals surface area (Å²) < 4.78 is 16.2. The van der Waals surface area contributed by atoms with E-state index >= 15 is 4.39 Å². The monoisotopic (exact) mass is 613 g/mol. The highest BCUT2D eigenvalue weighted by atomic mass is 35.5. The second-order valence-electron chi connectivity index (χ2n) is 14.0. The molecule has 2 N–H and O–H groups in total. The van der Waals surface area contributed by atoms with Crippen LogP contribution in [0.25, 0.3) is 0 Å². The van der Waals surface area contributed by atoms with Crippen LogP contribution in [-0.2, 0) is 15.0 Å². The number of nitrogens with zero attached hydrogens (tertiary/aromatic N) is 1. The van der Waals surface area contributed by atoms with E-state index < -0.39 is 28.7 Å². The molecule has 2 heterocycles. The van der Waals surface area contributed by atoms with Crippen LogP contribution in [0.3, 0.4) is 0 Å². The van der Waals surface area contributed by atoms with Gasteiger partial charge in [0.1, 0.15) is 11.2 Å². The van der Waals surface area contributed by atoms with E-state index in [0.29, 0.717) is 35.0 Å². The Morgan fingerprint density at radius 3 is 2.43 bits per heavy atom. The Hall–Kier alpha value is -2.15. The van der Waals surface area contributed by atoms with Crippen molar-refractivity contribution in [2.75, 3.05) is 12.4 Å². The normalized spacial score (nSPS) is 31.7. The third kappa shape index (κ3) is 4.42. The number of likely N-dealkylation sites (tertiary alicyclic amines) is 1. The zero-order valence-corrected chi connectivity index (χ0v) is 26.5. The maximum Gasteiger partial charge on any atom is 0.238 e. The van der Waals surface area contributed by atoms with E-state index in [-0.39, 0.29) is 28.3 Å². The topological polar surface area (TPSA) is 61.4 Å². The van der Waals surface area contributed by atoms with Gasteiger partial charge >= 0.3 is 0 Å². The summed E-state index contributed by atoms with van der Waals surface area (Å²) in [4.78, 5) is 31.4. The Balaban J connectivity index is 1.55. The van der Waals surface area contributed by atoms with E-state index in [2.05, 4.69) is 36.3 Å². The Kier molecular flexibility index (Phi) is 7.68. The van der Waals surface area contributed by atoms with Crippen LogP contribution in [0.5, 0.6) is 0 Å². The van der Waals surface area contributed by atoms with Gasteiger partial charge in [-0.05, 0) is 99.1 Å². The van der Waals surface area contributed by atoms with Crippen molar-refractivity contribution in [2.24, 2.45) is 11.3 Å². The van der Waals surface area contributed by atoms with E-state index in [0.717, 1.165) is 50.5 Å². The number of nitrogens with one attached hydrogen (secondary N) is 2. The first-order valence-electron chi connectivity index (χ1n) is 15.5. The van der Waals surface area contributed by atoms with E-state index in [9.17, 15) is 9.59 Å². The standard InChI is InChI=1S/C34H42Cl2FN3O2/c1-5-20-9-12-22(13-10-20)38-30(41)29-27(23-7-6-8-25(36)28(23)37)34(24-14-11-21(35)19-26(24)39-31(34)42)33(40(29)4)17-15-32(2,3)16-18-33/h6-8,11,14,19-20,22,27,29H,5,9-10,12-13,15-18H2,1-4H3,(H,38,41)(H,39,42)/t20?,22?,27-,29+,34+/m0/s1. The van der Waals surface area contributed by atoms with Gasteiger partial charge in [0.15, 0.2) is 0 Å². The fourth-order valence-electron chi connectivity index (χ4n) is 8.95. The number of carbonyl (C=O) groups excluding carboxylic acids is 2. The number of amides is 2. The second kappa shape index (κ2) is 10.8. The number of hydrogen-bond donors (Lipinski definition) is 2. The van der Waals surface area contributed by atoms with Crippen LogP contribution < -0.4 is 10.6 Å². The lowest BCUT2D eigenvalue weighted by atomic mass is 9.53. The van der Waals surface area contributed by atoms with Crippen molar-refractivity contribution >= 4 is 40.7 Å². The minimum atomic E-state index is -1.22. The largest absolute Gasteiger partial charge is 0.352 e. The molecule has 2 amide bonds. The molecular weight excluding hydrogens is 572 g/mol. The molecule has 0 aromatic heterocycles. The lowest BCUT2D eigenvalue weighted by molar-refractivity contribution is -0.129. The molecule has 2 saturated carbocycles. The molecule has 1 saturated heterocycles. The number of likely N-dealkylation sites (N-methyl/N-ethyl adjacent to an activating group) is 1. The molecular formula is C34H42Cl2FN3O2. The molecule has 2 aromatic carbocycles. The zero-order chi connectivity index (χ0) is 30.0. The number of anilines is 1. The summed E-state index contributed by atoms with van der Waals surface area (Å²) in [6.45, 7) is 6.74. The summed E-state index contributed by atoms with van der Waals surface area (Å²) >= 11 is 12.8. The van der Waals surface area contributed by atoms with Crippen LogP contribution in [0, 0.1) is 17.2 Å². The highest BCUT2D eigenvalue weighted by Gasteiger charge is 2.75. The molecule has 0 unspecified atom stereocenters. The van der Waals surface area contributed by atoms with E-state index in [4.69, 9.17) is 23.2 Å². The molecule has 5 nitrogen and oxygen atoms in total. The number of halogens is 3. The molecule has 42 heavy (non-hydrogen) atoms. The highest BCUT2D eigenvalue weighted by molar-refractivity contribution is 6.31. The van der Waals surface area contributed by atoms with E-state index in [1.807, 2.05) is 13.1 Å². The van der Waals surface area contributed by atoms with E-state index in [1.165, 1.54) is 6.07 Å². The van der Waals surface area contributed by atoms with Crippen molar-refractivity contribution in [1.82, 2.24) is 10.2 Å². The molecule has 3 fully saturated rings. The summed E-state index contributed by atoms with van der Waals surface area (Å²) in [6.07, 6.45) is 8.38. The van der Waals surface area contributed by atoms with Crippen molar-refractivity contribution in [2.45, 2.75) is 108 Å². The van der Waals surface area contributed by atoms with Gasteiger partial charge in [0, 0.05) is 28.2 Å². The average molecular weight is 615 g/mol. The van der Waals surface area contributed by atoms with Gasteiger partial charge in [-0.3, -0.25) is 14.5 Å². The van der Waals surface area contributed by atoms with Gasteiger partial charge in [-0.25, -0.2) is 4.39 Å². The Bertz CT molecular complexity index is 1400. The van der Waals surface area contributed by atoms with Gasteiger partial charge in [0.2, 0.25) is 11.8 Å². The molecule has 0 bridgehead atoms. The van der Waals surface area contributed by atoms with Crippen molar-refractivity contribution in [3.8, 4) is 0 Å². The van der Waals surface area contributed by atoms with Gasteiger partial charge < -0.3 is 10.6 Å². The SMILES string of the molecule is CCC1CCC(NC(=O)[C@H]2[C@H](c3cccc(Cl)c3F)[C@]3(C(=O)Nc4cc(Cl)ccc43)C3(CCC(C)(C)CC3)N2C)CC1. The first-order chi connectivity index (χ1) is 19.9. The fraction of sp³-hybridized carbons (Fsp3) is 0.588. The molecule has 2 aromatic rings. The molecule has 2 aliphatic heterocycles. The summed E-state index contributed by atoms with van der Waals surface area (Å²) in [5.74, 6) is -1.01. The quantitative estimate of drug-likeness (QED) is 0.369. The lowest BCUT2D eigenvalue weighted by Crippen LogP contribution is -2.62. The van der Waals surface area contributed by atoms with Gasteiger partial charge in [0.25, 0.3) is 0 Å². The van der Waals surface area contributed by atoms with Gasteiger partial charge in [0.05, 0.1) is 11.1 Å². The maximum absolute atomic E-state index is 16.2. The summed E-state index contributed by atoms with van der Waals surface area (Å²) in [5.41, 5.74) is -0.106. The fourth-order valence-corrected chi connectivity index (χ4v) is 9.31. The third-order valence-corrected chi connectivity index (χ3v) is 11.9. The Morgan fingerprint density at radius 1 is 1.07 bits per heavy atom. The molecule has 4 aliphatic rings. The minimum Gasteiger partial charge on any atom is -0.352 e. The average Bonchev–Trinajstić information content (AvgIpc) is 3.36. The number of rotatable bonds is 4. The van der Waals surface area contributed by atoms with Gasteiger partial charge in [-0.1, -0.05) is 68.6 Å². The minimum absolute atomic E-state index is 0.0113. The third-order valence-electron chi connectivity index (χ3n) is 11.4. The summed E-state index contributed by atoms with van der Waals surface area (Å²) in [6, 6.07) is 9.74.